The lowest BCUT2D eigenvalue weighted by atomic mass is 10.0. The maximum atomic E-state index is 9.22. The van der Waals surface area contributed by atoms with E-state index in [0.29, 0.717) is 0 Å². The number of nitrogens with two attached hydrogens (primary N) is 1. The monoisotopic (exact) mass is 229 g/mol. The van der Waals surface area contributed by atoms with E-state index in [1.54, 1.807) is 6.92 Å². The minimum absolute atomic E-state index is 0.0236. The highest BCUT2D eigenvalue weighted by Crippen LogP contribution is 2.11. The SMILES string of the molecule is CCCCCCCCCCCC(N)C(C)O. The molecule has 0 spiro atoms. The predicted octanol–water partition coefficient (Wildman–Crippen LogP) is 3.62. The second-order valence-electron chi connectivity index (χ2n) is 5.02. The summed E-state index contributed by atoms with van der Waals surface area (Å²) in [5.41, 5.74) is 5.76. The zero-order valence-electron chi connectivity index (χ0n) is 11.3. The molecule has 0 fully saturated rings. The number of aliphatic hydroxyl groups is 1. The molecule has 0 bridgehead atoms. The first kappa shape index (κ1) is 15.9. The van der Waals surface area contributed by atoms with Crippen LogP contribution >= 0.6 is 0 Å². The Balaban J connectivity index is 3.04. The molecule has 0 aliphatic heterocycles. The number of rotatable bonds is 11. The van der Waals surface area contributed by atoms with Gasteiger partial charge in [-0.05, 0) is 13.3 Å². The van der Waals surface area contributed by atoms with Crippen molar-refractivity contribution in [2.24, 2.45) is 5.73 Å². The Morgan fingerprint density at radius 3 is 1.75 bits per heavy atom. The lowest BCUT2D eigenvalue weighted by Gasteiger charge is -2.13. The van der Waals surface area contributed by atoms with Crippen LogP contribution in [0.1, 0.15) is 78.1 Å². The van der Waals surface area contributed by atoms with Crippen molar-refractivity contribution in [3.63, 3.8) is 0 Å². The van der Waals surface area contributed by atoms with Crippen LogP contribution in [0, 0.1) is 0 Å². The van der Waals surface area contributed by atoms with E-state index in [1.807, 2.05) is 0 Å². The zero-order chi connectivity index (χ0) is 12.2. The van der Waals surface area contributed by atoms with Crippen LogP contribution in [0.5, 0.6) is 0 Å². The van der Waals surface area contributed by atoms with Crippen LogP contribution in [0.15, 0.2) is 0 Å². The van der Waals surface area contributed by atoms with Crippen LogP contribution in [0.4, 0.5) is 0 Å². The normalized spacial score (nSPS) is 15.0. The van der Waals surface area contributed by atoms with Crippen LogP contribution in [-0.2, 0) is 0 Å². The molecule has 2 heteroatoms. The van der Waals surface area contributed by atoms with Gasteiger partial charge in [0, 0.05) is 6.04 Å². The van der Waals surface area contributed by atoms with Gasteiger partial charge in [0.05, 0.1) is 6.10 Å². The Kier molecular flexibility index (Phi) is 11.3. The second kappa shape index (κ2) is 11.4. The van der Waals surface area contributed by atoms with Gasteiger partial charge in [-0.3, -0.25) is 0 Å². The van der Waals surface area contributed by atoms with Gasteiger partial charge < -0.3 is 10.8 Å². The maximum absolute atomic E-state index is 9.22. The van der Waals surface area contributed by atoms with Crippen LogP contribution in [0.25, 0.3) is 0 Å². The fourth-order valence-electron chi connectivity index (χ4n) is 1.93. The third-order valence-corrected chi connectivity index (χ3v) is 3.26. The van der Waals surface area contributed by atoms with Crippen molar-refractivity contribution in [1.29, 1.82) is 0 Å². The average Bonchev–Trinajstić information content (AvgIpc) is 2.26. The van der Waals surface area contributed by atoms with Crippen molar-refractivity contribution in [3.8, 4) is 0 Å². The lowest BCUT2D eigenvalue weighted by Crippen LogP contribution is -2.31. The lowest BCUT2D eigenvalue weighted by molar-refractivity contribution is 0.157. The van der Waals surface area contributed by atoms with Crippen LogP contribution < -0.4 is 5.73 Å². The summed E-state index contributed by atoms with van der Waals surface area (Å²) in [7, 11) is 0. The largest absolute Gasteiger partial charge is 0.392 e. The van der Waals surface area contributed by atoms with Gasteiger partial charge in [0.2, 0.25) is 0 Å². The maximum Gasteiger partial charge on any atom is 0.0662 e. The van der Waals surface area contributed by atoms with Gasteiger partial charge in [0.15, 0.2) is 0 Å². The molecule has 0 aromatic rings. The van der Waals surface area contributed by atoms with E-state index in [4.69, 9.17) is 5.73 Å². The minimum Gasteiger partial charge on any atom is -0.392 e. The zero-order valence-corrected chi connectivity index (χ0v) is 11.3. The average molecular weight is 229 g/mol. The molecular formula is C14H31NO. The molecule has 0 aromatic carbocycles. The number of aliphatic hydroxyl groups excluding tert-OH is 1. The summed E-state index contributed by atoms with van der Waals surface area (Å²) in [4.78, 5) is 0. The third-order valence-electron chi connectivity index (χ3n) is 3.26. The van der Waals surface area contributed by atoms with Crippen LogP contribution in [-0.4, -0.2) is 17.3 Å². The van der Waals surface area contributed by atoms with Crippen molar-refractivity contribution in [1.82, 2.24) is 0 Å². The van der Waals surface area contributed by atoms with E-state index in [9.17, 15) is 5.11 Å². The summed E-state index contributed by atoms with van der Waals surface area (Å²) in [5.74, 6) is 0. The molecular weight excluding hydrogens is 198 g/mol. The molecule has 0 saturated heterocycles. The summed E-state index contributed by atoms with van der Waals surface area (Å²) in [5, 5.41) is 9.22. The Bertz CT molecular complexity index is 137. The van der Waals surface area contributed by atoms with Gasteiger partial charge in [0.25, 0.3) is 0 Å². The fourth-order valence-corrected chi connectivity index (χ4v) is 1.93. The van der Waals surface area contributed by atoms with E-state index in [2.05, 4.69) is 6.92 Å². The Morgan fingerprint density at radius 2 is 1.31 bits per heavy atom. The minimum atomic E-state index is -0.353. The highest BCUT2D eigenvalue weighted by Gasteiger charge is 2.07. The van der Waals surface area contributed by atoms with Gasteiger partial charge in [-0.15, -0.1) is 0 Å². The van der Waals surface area contributed by atoms with Crippen molar-refractivity contribution < 1.29 is 5.11 Å². The fraction of sp³-hybridized carbons (Fsp3) is 1.00. The molecule has 0 radical (unpaired) electrons. The first-order valence-corrected chi connectivity index (χ1v) is 7.12. The standard InChI is InChI=1S/C14H31NO/c1-3-4-5-6-7-8-9-10-11-12-14(15)13(2)16/h13-14,16H,3-12,15H2,1-2H3. The van der Waals surface area contributed by atoms with E-state index in [0.717, 1.165) is 6.42 Å². The highest BCUT2D eigenvalue weighted by molar-refractivity contribution is 4.66. The molecule has 2 atom stereocenters. The van der Waals surface area contributed by atoms with Crippen molar-refractivity contribution in [2.75, 3.05) is 0 Å². The van der Waals surface area contributed by atoms with Crippen molar-refractivity contribution in [2.45, 2.75) is 90.2 Å². The first-order valence-electron chi connectivity index (χ1n) is 7.12. The first-order chi connectivity index (χ1) is 7.68. The summed E-state index contributed by atoms with van der Waals surface area (Å²) in [6, 6.07) is -0.0236. The molecule has 2 nitrogen and oxygen atoms in total. The van der Waals surface area contributed by atoms with Crippen molar-refractivity contribution >= 4 is 0 Å². The molecule has 0 amide bonds. The van der Waals surface area contributed by atoms with E-state index in [-0.39, 0.29) is 12.1 Å². The number of unbranched alkanes of at least 4 members (excludes halogenated alkanes) is 8. The number of hydrogen-bond donors (Lipinski definition) is 2. The molecule has 16 heavy (non-hydrogen) atoms. The van der Waals surface area contributed by atoms with Gasteiger partial charge in [0.1, 0.15) is 0 Å². The Labute approximate surface area is 102 Å². The molecule has 0 aromatic heterocycles. The van der Waals surface area contributed by atoms with Gasteiger partial charge >= 0.3 is 0 Å². The molecule has 0 heterocycles. The Morgan fingerprint density at radius 1 is 0.875 bits per heavy atom. The van der Waals surface area contributed by atoms with Gasteiger partial charge in [-0.2, -0.15) is 0 Å². The Hall–Kier alpha value is -0.0800. The predicted molar refractivity (Wildman–Crippen MR) is 71.5 cm³/mol. The van der Waals surface area contributed by atoms with Gasteiger partial charge in [-0.25, -0.2) is 0 Å². The summed E-state index contributed by atoms with van der Waals surface area (Å²) in [6.45, 7) is 4.03. The summed E-state index contributed by atoms with van der Waals surface area (Å²) >= 11 is 0. The summed E-state index contributed by atoms with van der Waals surface area (Å²) in [6.07, 6.45) is 12.7. The van der Waals surface area contributed by atoms with Crippen molar-refractivity contribution in [3.05, 3.63) is 0 Å². The number of hydrogen-bond acceptors (Lipinski definition) is 2. The van der Waals surface area contributed by atoms with Gasteiger partial charge in [-0.1, -0.05) is 64.7 Å². The highest BCUT2D eigenvalue weighted by atomic mass is 16.3. The molecule has 0 rings (SSSR count). The quantitative estimate of drug-likeness (QED) is 0.532. The van der Waals surface area contributed by atoms with E-state index < -0.39 is 0 Å². The van der Waals surface area contributed by atoms with Crippen LogP contribution in [0.2, 0.25) is 0 Å². The molecule has 0 aliphatic rings. The van der Waals surface area contributed by atoms with Crippen LogP contribution in [0.3, 0.4) is 0 Å². The molecule has 3 N–H and O–H groups in total. The van der Waals surface area contributed by atoms with E-state index >= 15 is 0 Å². The third kappa shape index (κ3) is 10.4. The molecule has 98 valence electrons. The topological polar surface area (TPSA) is 46.2 Å². The molecule has 0 saturated carbocycles. The second-order valence-corrected chi connectivity index (χ2v) is 5.02. The smallest absolute Gasteiger partial charge is 0.0662 e. The molecule has 0 aliphatic carbocycles. The van der Waals surface area contributed by atoms with E-state index in [1.165, 1.54) is 57.8 Å². The molecule has 2 unspecified atom stereocenters. The summed E-state index contributed by atoms with van der Waals surface area (Å²) < 4.78 is 0.